The van der Waals surface area contributed by atoms with E-state index in [9.17, 15) is 0 Å². The summed E-state index contributed by atoms with van der Waals surface area (Å²) in [5.41, 5.74) is 3.24. The predicted octanol–water partition coefficient (Wildman–Crippen LogP) is 2.41. The van der Waals surface area contributed by atoms with Gasteiger partial charge in [0.25, 0.3) is 0 Å². The van der Waals surface area contributed by atoms with Crippen molar-refractivity contribution in [2.45, 2.75) is 45.3 Å². The van der Waals surface area contributed by atoms with Crippen molar-refractivity contribution < 1.29 is 0 Å². The zero-order chi connectivity index (χ0) is 17.4. The highest BCUT2D eigenvalue weighted by atomic mass is 127. The van der Waals surface area contributed by atoms with E-state index in [0.717, 1.165) is 29.9 Å². The number of aromatic nitrogens is 2. The second-order valence-corrected chi connectivity index (χ2v) is 7.54. The van der Waals surface area contributed by atoms with E-state index < -0.39 is 0 Å². The number of aryl methyl sites for hydroxylation is 1. The minimum absolute atomic E-state index is 0. The Hall–Kier alpha value is -1.35. The van der Waals surface area contributed by atoms with Gasteiger partial charge in [0.1, 0.15) is 5.65 Å². The maximum Gasteiger partial charge on any atom is 0.191 e. The van der Waals surface area contributed by atoms with Crippen LogP contribution in [0.5, 0.6) is 0 Å². The second-order valence-electron chi connectivity index (χ2n) is 7.54. The molecule has 2 N–H and O–H groups in total. The first kappa shape index (κ1) is 19.4. The van der Waals surface area contributed by atoms with Crippen molar-refractivity contribution >= 4 is 35.6 Å². The molecule has 2 aliphatic rings. The number of hydrogen-bond acceptors (Lipinski definition) is 3. The van der Waals surface area contributed by atoms with Crippen LogP contribution < -0.4 is 10.6 Å². The van der Waals surface area contributed by atoms with Crippen LogP contribution in [0, 0.1) is 12.8 Å². The fraction of sp³-hybridized carbons (Fsp3) is 0.579. The van der Waals surface area contributed by atoms with E-state index in [0.29, 0.717) is 18.5 Å². The minimum atomic E-state index is 0. The summed E-state index contributed by atoms with van der Waals surface area (Å²) in [7, 11) is 1.83. The molecule has 2 aromatic heterocycles. The van der Waals surface area contributed by atoms with Crippen LogP contribution >= 0.6 is 24.0 Å². The Bertz CT molecular complexity index is 781. The van der Waals surface area contributed by atoms with Crippen molar-refractivity contribution in [3.05, 3.63) is 35.8 Å². The lowest BCUT2D eigenvalue weighted by Crippen LogP contribution is -2.46. The van der Waals surface area contributed by atoms with Crippen LogP contribution in [-0.2, 0) is 6.54 Å². The van der Waals surface area contributed by atoms with Crippen LogP contribution in [0.4, 0.5) is 0 Å². The number of guanidine groups is 1. The smallest absolute Gasteiger partial charge is 0.191 e. The Labute approximate surface area is 172 Å². The molecule has 2 aromatic rings. The third-order valence-corrected chi connectivity index (χ3v) is 5.35. The SMILES string of the molecule is CN=C(NCc1cn2ccc(C)cc2n1)NC1CN(C2CC2)CC1C.I. The number of fused-ring (bicyclic) bond motifs is 1. The molecule has 0 amide bonds. The van der Waals surface area contributed by atoms with Crippen molar-refractivity contribution in [2.75, 3.05) is 20.1 Å². The van der Waals surface area contributed by atoms with E-state index >= 15 is 0 Å². The quantitative estimate of drug-likeness (QED) is 0.411. The number of likely N-dealkylation sites (tertiary alicyclic amines) is 1. The minimum Gasteiger partial charge on any atom is -0.352 e. The third-order valence-electron chi connectivity index (χ3n) is 5.35. The van der Waals surface area contributed by atoms with Crippen LogP contribution in [0.2, 0.25) is 0 Å². The molecule has 1 aliphatic heterocycles. The van der Waals surface area contributed by atoms with Gasteiger partial charge in [-0.05, 0) is 43.4 Å². The molecule has 2 atom stereocenters. The first-order valence-electron chi connectivity index (χ1n) is 9.28. The average molecular weight is 468 g/mol. The molecule has 0 aromatic carbocycles. The monoisotopic (exact) mass is 468 g/mol. The number of hydrogen-bond donors (Lipinski definition) is 2. The number of halogens is 1. The summed E-state index contributed by atoms with van der Waals surface area (Å²) in [4.78, 5) is 11.7. The number of aliphatic imine (C=N–C) groups is 1. The molecule has 3 heterocycles. The molecule has 0 spiro atoms. The Morgan fingerprint density at radius 1 is 1.35 bits per heavy atom. The molecule has 1 aliphatic carbocycles. The molecule has 2 unspecified atom stereocenters. The summed E-state index contributed by atoms with van der Waals surface area (Å²) in [6, 6.07) is 5.50. The van der Waals surface area contributed by atoms with Crippen LogP contribution in [0.3, 0.4) is 0 Å². The first-order valence-corrected chi connectivity index (χ1v) is 9.28. The summed E-state index contributed by atoms with van der Waals surface area (Å²) in [6.45, 7) is 7.42. The van der Waals surface area contributed by atoms with Gasteiger partial charge in [-0.2, -0.15) is 0 Å². The van der Waals surface area contributed by atoms with E-state index in [1.54, 1.807) is 0 Å². The van der Waals surface area contributed by atoms with Gasteiger partial charge < -0.3 is 15.0 Å². The zero-order valence-corrected chi connectivity index (χ0v) is 18.1. The fourth-order valence-corrected chi connectivity index (χ4v) is 3.70. The van der Waals surface area contributed by atoms with Crippen LogP contribution in [0.25, 0.3) is 5.65 Å². The van der Waals surface area contributed by atoms with Crippen molar-refractivity contribution in [2.24, 2.45) is 10.9 Å². The van der Waals surface area contributed by atoms with Crippen molar-refractivity contribution in [1.29, 1.82) is 0 Å². The molecule has 0 radical (unpaired) electrons. The Kier molecular flexibility index (Phi) is 6.06. The Balaban J connectivity index is 0.00000196. The van der Waals surface area contributed by atoms with Crippen LogP contribution in [0.1, 0.15) is 31.0 Å². The van der Waals surface area contributed by atoms with Gasteiger partial charge in [0.15, 0.2) is 5.96 Å². The molecule has 4 rings (SSSR count). The number of nitrogens with one attached hydrogen (secondary N) is 2. The summed E-state index contributed by atoms with van der Waals surface area (Å²) < 4.78 is 2.06. The molecular weight excluding hydrogens is 439 g/mol. The lowest BCUT2D eigenvalue weighted by atomic mass is 10.1. The van der Waals surface area contributed by atoms with E-state index in [2.05, 4.69) is 68.3 Å². The van der Waals surface area contributed by atoms with Crippen molar-refractivity contribution in [3.8, 4) is 0 Å². The van der Waals surface area contributed by atoms with E-state index in [1.165, 1.54) is 24.9 Å². The van der Waals surface area contributed by atoms with Crippen molar-refractivity contribution in [1.82, 2.24) is 24.9 Å². The summed E-state index contributed by atoms with van der Waals surface area (Å²) in [6.07, 6.45) is 6.88. The first-order chi connectivity index (χ1) is 12.1. The Morgan fingerprint density at radius 3 is 2.88 bits per heavy atom. The van der Waals surface area contributed by atoms with Crippen LogP contribution in [-0.4, -0.2) is 52.5 Å². The van der Waals surface area contributed by atoms with Crippen LogP contribution in [0.15, 0.2) is 29.5 Å². The van der Waals surface area contributed by atoms with Gasteiger partial charge in [0.05, 0.1) is 12.2 Å². The van der Waals surface area contributed by atoms with E-state index in [1.807, 2.05) is 7.05 Å². The van der Waals surface area contributed by atoms with Gasteiger partial charge >= 0.3 is 0 Å². The fourth-order valence-electron chi connectivity index (χ4n) is 3.70. The molecule has 2 fully saturated rings. The van der Waals surface area contributed by atoms with E-state index in [4.69, 9.17) is 0 Å². The van der Waals surface area contributed by atoms with E-state index in [-0.39, 0.29) is 24.0 Å². The highest BCUT2D eigenvalue weighted by molar-refractivity contribution is 14.0. The van der Waals surface area contributed by atoms with Gasteiger partial charge in [0.2, 0.25) is 0 Å². The molecule has 0 bridgehead atoms. The normalized spacial score (nSPS) is 23.9. The molecule has 7 heteroatoms. The van der Waals surface area contributed by atoms with Gasteiger partial charge in [-0.1, -0.05) is 6.92 Å². The molecule has 1 saturated carbocycles. The standard InChI is InChI=1S/C19H28N6.HI/c1-13-6-7-24-11-15(22-18(24)8-13)9-21-19(20-3)23-17-12-25(10-14(17)2)16-4-5-16;/h6-8,11,14,16-17H,4-5,9-10,12H2,1-3H3,(H2,20,21,23);1H. The highest BCUT2D eigenvalue weighted by Crippen LogP contribution is 2.31. The second kappa shape index (κ2) is 8.12. The van der Waals surface area contributed by atoms with Gasteiger partial charge in [0, 0.05) is 44.6 Å². The molecule has 1 saturated heterocycles. The average Bonchev–Trinajstić information content (AvgIpc) is 3.27. The maximum atomic E-state index is 4.68. The zero-order valence-electron chi connectivity index (χ0n) is 15.8. The number of pyridine rings is 1. The number of nitrogens with zero attached hydrogens (tertiary/aromatic N) is 4. The summed E-state index contributed by atoms with van der Waals surface area (Å²) >= 11 is 0. The topological polar surface area (TPSA) is 57.0 Å². The Morgan fingerprint density at radius 2 is 2.15 bits per heavy atom. The van der Waals surface area contributed by atoms with Crippen molar-refractivity contribution in [3.63, 3.8) is 0 Å². The van der Waals surface area contributed by atoms with Gasteiger partial charge in [-0.25, -0.2) is 4.98 Å². The maximum absolute atomic E-state index is 4.68. The van der Waals surface area contributed by atoms with Gasteiger partial charge in [-0.3, -0.25) is 9.89 Å². The number of rotatable bonds is 4. The molecular formula is C19H29IN6. The molecule has 26 heavy (non-hydrogen) atoms. The van der Waals surface area contributed by atoms with Gasteiger partial charge in [-0.15, -0.1) is 24.0 Å². The number of imidazole rings is 1. The largest absolute Gasteiger partial charge is 0.352 e. The highest BCUT2D eigenvalue weighted by Gasteiger charge is 2.38. The lowest BCUT2D eigenvalue weighted by molar-refractivity contribution is 0.315. The predicted molar refractivity (Wildman–Crippen MR) is 116 cm³/mol. The summed E-state index contributed by atoms with van der Waals surface area (Å²) in [5.74, 6) is 1.51. The third kappa shape index (κ3) is 4.31. The molecule has 6 nitrogen and oxygen atoms in total. The summed E-state index contributed by atoms with van der Waals surface area (Å²) in [5, 5.41) is 7.02. The lowest BCUT2D eigenvalue weighted by Gasteiger charge is -2.20. The molecule has 142 valence electrons.